The molecule has 0 aliphatic heterocycles. The second-order valence-electron chi connectivity index (χ2n) is 6.52. The first-order chi connectivity index (χ1) is 12.1. The molecule has 2 N–H and O–H groups in total. The Kier molecular flexibility index (Phi) is 5.22. The monoisotopic (exact) mass is 341 g/mol. The largest absolute Gasteiger partial charge is 0.496 e. The molecule has 5 nitrogen and oxygen atoms in total. The van der Waals surface area contributed by atoms with Crippen LogP contribution in [-0.4, -0.2) is 24.1 Å². The molecule has 1 fully saturated rings. The summed E-state index contributed by atoms with van der Waals surface area (Å²) in [6, 6.07) is 11.8. The Morgan fingerprint density at radius 2 is 1.84 bits per heavy atom. The van der Waals surface area contributed by atoms with Gasteiger partial charge in [-0.1, -0.05) is 43.2 Å². The number of fused-ring (bicyclic) bond motifs is 1. The van der Waals surface area contributed by atoms with Crippen LogP contribution in [0.25, 0.3) is 10.8 Å². The van der Waals surface area contributed by atoms with Gasteiger partial charge in [-0.15, -0.1) is 0 Å². The molecule has 132 valence electrons. The number of carbonyl (C=O) groups excluding carboxylic acids is 1. The third-order valence-corrected chi connectivity index (χ3v) is 5.08. The van der Waals surface area contributed by atoms with Crippen LogP contribution in [0.1, 0.15) is 31.2 Å². The maximum absolute atomic E-state index is 12.6. The predicted molar refractivity (Wildman–Crippen MR) is 95.4 cm³/mol. The van der Waals surface area contributed by atoms with Crippen LogP contribution in [0.5, 0.6) is 5.75 Å². The van der Waals surface area contributed by atoms with Crippen LogP contribution in [0.3, 0.4) is 0 Å². The van der Waals surface area contributed by atoms with Crippen molar-refractivity contribution in [3.63, 3.8) is 0 Å². The van der Waals surface area contributed by atoms with Crippen molar-refractivity contribution in [2.75, 3.05) is 7.11 Å². The molecule has 0 radical (unpaired) electrons. The Hall–Kier alpha value is -2.56. The number of carboxylic acid groups (broad SMARTS) is 1. The minimum atomic E-state index is -0.873. The van der Waals surface area contributed by atoms with E-state index in [2.05, 4.69) is 5.32 Å². The topological polar surface area (TPSA) is 75.6 Å². The summed E-state index contributed by atoms with van der Waals surface area (Å²) in [5.41, 5.74) is 0.914. The molecule has 1 aliphatic carbocycles. The fourth-order valence-corrected chi connectivity index (χ4v) is 3.74. The van der Waals surface area contributed by atoms with Gasteiger partial charge in [-0.25, -0.2) is 0 Å². The summed E-state index contributed by atoms with van der Waals surface area (Å²) in [5, 5.41) is 14.4. The highest BCUT2D eigenvalue weighted by atomic mass is 16.5. The van der Waals surface area contributed by atoms with E-state index in [0.29, 0.717) is 19.4 Å². The van der Waals surface area contributed by atoms with E-state index >= 15 is 0 Å². The number of aliphatic carboxylic acids is 1. The Balaban J connectivity index is 1.80. The quantitative estimate of drug-likeness (QED) is 0.874. The zero-order chi connectivity index (χ0) is 17.8. The first-order valence-electron chi connectivity index (χ1n) is 8.67. The van der Waals surface area contributed by atoms with Gasteiger partial charge in [0.15, 0.2) is 0 Å². The molecule has 1 saturated carbocycles. The summed E-state index contributed by atoms with van der Waals surface area (Å²) in [5.74, 6) is -1.36. The van der Waals surface area contributed by atoms with Crippen molar-refractivity contribution in [3.8, 4) is 5.75 Å². The minimum Gasteiger partial charge on any atom is -0.496 e. The second-order valence-corrected chi connectivity index (χ2v) is 6.52. The lowest BCUT2D eigenvalue weighted by atomic mass is 9.78. The number of benzene rings is 2. The highest BCUT2D eigenvalue weighted by Crippen LogP contribution is 2.31. The van der Waals surface area contributed by atoms with E-state index in [-0.39, 0.29) is 5.91 Å². The molecule has 0 saturated heterocycles. The van der Waals surface area contributed by atoms with E-state index < -0.39 is 17.8 Å². The molecule has 0 heterocycles. The maximum atomic E-state index is 12.6. The van der Waals surface area contributed by atoms with Gasteiger partial charge in [0.1, 0.15) is 5.75 Å². The molecule has 1 amide bonds. The van der Waals surface area contributed by atoms with Crippen molar-refractivity contribution < 1.29 is 19.4 Å². The number of rotatable bonds is 5. The zero-order valence-electron chi connectivity index (χ0n) is 14.3. The van der Waals surface area contributed by atoms with E-state index in [1.165, 1.54) is 0 Å². The number of nitrogens with one attached hydrogen (secondary N) is 1. The van der Waals surface area contributed by atoms with Gasteiger partial charge in [0.2, 0.25) is 5.91 Å². The van der Waals surface area contributed by atoms with Gasteiger partial charge >= 0.3 is 5.97 Å². The Labute approximate surface area is 147 Å². The molecule has 0 spiro atoms. The molecule has 1 aliphatic rings. The Morgan fingerprint density at radius 3 is 2.56 bits per heavy atom. The smallest absolute Gasteiger partial charge is 0.307 e. The molecule has 0 bridgehead atoms. The first kappa shape index (κ1) is 17.3. The normalized spacial score (nSPS) is 20.2. The third kappa shape index (κ3) is 3.60. The lowest BCUT2D eigenvalue weighted by Crippen LogP contribution is -2.39. The molecule has 5 heteroatoms. The van der Waals surface area contributed by atoms with Crippen LogP contribution in [-0.2, 0) is 16.1 Å². The summed E-state index contributed by atoms with van der Waals surface area (Å²) in [4.78, 5) is 24.0. The fraction of sp³-hybridized carbons (Fsp3) is 0.400. The van der Waals surface area contributed by atoms with Crippen LogP contribution in [0, 0.1) is 11.8 Å². The summed E-state index contributed by atoms with van der Waals surface area (Å²) in [6.45, 7) is 0.326. The average Bonchev–Trinajstić information content (AvgIpc) is 2.65. The Morgan fingerprint density at radius 1 is 1.12 bits per heavy atom. The maximum Gasteiger partial charge on any atom is 0.307 e. The van der Waals surface area contributed by atoms with E-state index in [0.717, 1.165) is 34.9 Å². The molecule has 2 aromatic carbocycles. The first-order valence-corrected chi connectivity index (χ1v) is 8.67. The van der Waals surface area contributed by atoms with Gasteiger partial charge in [0.25, 0.3) is 0 Å². The van der Waals surface area contributed by atoms with E-state index in [1.54, 1.807) is 7.11 Å². The molecular weight excluding hydrogens is 318 g/mol. The minimum absolute atomic E-state index is 0.179. The molecule has 0 aromatic heterocycles. The number of methoxy groups -OCH3 is 1. The van der Waals surface area contributed by atoms with Crippen molar-refractivity contribution >= 4 is 22.6 Å². The van der Waals surface area contributed by atoms with E-state index in [9.17, 15) is 14.7 Å². The molecule has 2 atom stereocenters. The standard InChI is InChI=1S/C20H23NO4/c1-25-18-11-10-13-6-2-3-7-14(13)17(18)12-21-19(22)15-8-4-5-9-16(15)20(23)24/h2-3,6-7,10-11,15-16H,4-5,8-9,12H2,1H3,(H,21,22)(H,23,24). The van der Waals surface area contributed by atoms with Crippen molar-refractivity contribution in [2.45, 2.75) is 32.2 Å². The van der Waals surface area contributed by atoms with E-state index in [1.807, 2.05) is 36.4 Å². The van der Waals surface area contributed by atoms with Gasteiger partial charge < -0.3 is 15.2 Å². The third-order valence-electron chi connectivity index (χ3n) is 5.08. The number of hydrogen-bond acceptors (Lipinski definition) is 3. The summed E-state index contributed by atoms with van der Waals surface area (Å²) in [7, 11) is 1.61. The molecule has 2 unspecified atom stereocenters. The number of amides is 1. The Bertz CT molecular complexity index is 786. The highest BCUT2D eigenvalue weighted by Gasteiger charge is 2.35. The van der Waals surface area contributed by atoms with Crippen molar-refractivity contribution in [2.24, 2.45) is 11.8 Å². The summed E-state index contributed by atoms with van der Waals surface area (Å²) >= 11 is 0. The van der Waals surface area contributed by atoms with Crippen molar-refractivity contribution in [1.82, 2.24) is 5.32 Å². The zero-order valence-corrected chi connectivity index (χ0v) is 14.3. The number of carbonyl (C=O) groups is 2. The summed E-state index contributed by atoms with van der Waals surface area (Å²) in [6.07, 6.45) is 2.98. The molecule has 2 aromatic rings. The highest BCUT2D eigenvalue weighted by molar-refractivity contribution is 5.89. The second kappa shape index (κ2) is 7.55. The van der Waals surface area contributed by atoms with Crippen LogP contribution >= 0.6 is 0 Å². The fourth-order valence-electron chi connectivity index (χ4n) is 3.74. The molecule has 25 heavy (non-hydrogen) atoms. The van der Waals surface area contributed by atoms with Gasteiger partial charge in [0, 0.05) is 12.1 Å². The van der Waals surface area contributed by atoms with Crippen LogP contribution in [0.15, 0.2) is 36.4 Å². The van der Waals surface area contributed by atoms with Crippen molar-refractivity contribution in [3.05, 3.63) is 42.0 Å². The number of hydrogen-bond donors (Lipinski definition) is 2. The molecular formula is C20H23NO4. The lowest BCUT2D eigenvalue weighted by molar-refractivity contribution is -0.148. The predicted octanol–water partition coefficient (Wildman–Crippen LogP) is 3.36. The average molecular weight is 341 g/mol. The number of ether oxygens (including phenoxy) is 1. The van der Waals surface area contributed by atoms with Crippen LogP contribution in [0.2, 0.25) is 0 Å². The molecule has 3 rings (SSSR count). The van der Waals surface area contributed by atoms with Gasteiger partial charge in [-0.3, -0.25) is 9.59 Å². The number of carboxylic acids is 1. The van der Waals surface area contributed by atoms with Gasteiger partial charge in [-0.05, 0) is 29.7 Å². The SMILES string of the molecule is COc1ccc2ccccc2c1CNC(=O)C1CCCCC1C(=O)O. The van der Waals surface area contributed by atoms with Gasteiger partial charge in [-0.2, -0.15) is 0 Å². The van der Waals surface area contributed by atoms with Crippen molar-refractivity contribution in [1.29, 1.82) is 0 Å². The van der Waals surface area contributed by atoms with Crippen LogP contribution < -0.4 is 10.1 Å². The lowest BCUT2D eigenvalue weighted by Gasteiger charge is -2.27. The van der Waals surface area contributed by atoms with Crippen LogP contribution in [0.4, 0.5) is 0 Å². The van der Waals surface area contributed by atoms with Gasteiger partial charge in [0.05, 0.1) is 18.9 Å². The summed E-state index contributed by atoms with van der Waals surface area (Å²) < 4.78 is 5.45. The van der Waals surface area contributed by atoms with E-state index in [4.69, 9.17) is 4.74 Å².